The van der Waals surface area contributed by atoms with Crippen molar-refractivity contribution in [2.45, 2.75) is 32.9 Å². The van der Waals surface area contributed by atoms with Crippen molar-refractivity contribution < 1.29 is 8.78 Å². The minimum Gasteiger partial charge on any atom is -0.356 e. The Morgan fingerprint density at radius 1 is 1.21 bits per heavy atom. The van der Waals surface area contributed by atoms with Gasteiger partial charge in [-0.05, 0) is 52.6 Å². The number of aliphatic imine (C=N–C) groups is 1. The molecule has 0 aliphatic heterocycles. The van der Waals surface area contributed by atoms with Crippen LogP contribution in [0, 0.1) is 25.5 Å². The molecule has 0 saturated carbocycles. The van der Waals surface area contributed by atoms with E-state index in [9.17, 15) is 8.78 Å². The van der Waals surface area contributed by atoms with Crippen molar-refractivity contribution in [1.82, 2.24) is 25.3 Å². The van der Waals surface area contributed by atoms with E-state index in [-0.39, 0.29) is 29.5 Å². The van der Waals surface area contributed by atoms with E-state index in [1.807, 2.05) is 18.5 Å². The van der Waals surface area contributed by atoms with Crippen LogP contribution in [0.5, 0.6) is 0 Å². The molecule has 1 unspecified atom stereocenters. The summed E-state index contributed by atoms with van der Waals surface area (Å²) >= 11 is 0. The number of guanidine groups is 1. The molecule has 2 aromatic rings. The summed E-state index contributed by atoms with van der Waals surface area (Å²) in [7, 11) is 5.26. The highest BCUT2D eigenvalue weighted by molar-refractivity contribution is 14.0. The van der Waals surface area contributed by atoms with Gasteiger partial charge < -0.3 is 15.5 Å². The summed E-state index contributed by atoms with van der Waals surface area (Å²) in [5.41, 5.74) is 2.21. The number of nitrogens with one attached hydrogen (secondary N) is 2. The van der Waals surface area contributed by atoms with Gasteiger partial charge in [0.2, 0.25) is 0 Å². The molecule has 2 rings (SSSR count). The third kappa shape index (κ3) is 7.22. The molecule has 6 nitrogen and oxygen atoms in total. The fraction of sp³-hybridized carbons (Fsp3) is 0.500. The molecule has 2 N–H and O–H groups in total. The SMILES string of the molecule is CN=C(NCCCn1nc(C)cc1C)NCC(c1c(F)cccc1F)N(C)C.I. The summed E-state index contributed by atoms with van der Waals surface area (Å²) in [6, 6.07) is 5.52. The summed E-state index contributed by atoms with van der Waals surface area (Å²) in [6.45, 7) is 5.86. The first kappa shape index (κ1) is 25.3. The number of aromatic nitrogens is 2. The maximum Gasteiger partial charge on any atom is 0.191 e. The van der Waals surface area contributed by atoms with Crippen LogP contribution < -0.4 is 10.6 Å². The lowest BCUT2D eigenvalue weighted by atomic mass is 10.0. The lowest BCUT2D eigenvalue weighted by Gasteiger charge is -2.26. The van der Waals surface area contributed by atoms with Crippen LogP contribution in [-0.2, 0) is 6.54 Å². The van der Waals surface area contributed by atoms with Gasteiger partial charge in [0.25, 0.3) is 0 Å². The molecule has 0 bridgehead atoms. The second-order valence-corrected chi connectivity index (χ2v) is 7.00. The molecule has 1 aromatic carbocycles. The van der Waals surface area contributed by atoms with Gasteiger partial charge in [0, 0.05) is 37.9 Å². The highest BCUT2D eigenvalue weighted by Gasteiger charge is 2.22. The number of benzene rings is 1. The van der Waals surface area contributed by atoms with Crippen molar-refractivity contribution in [2.75, 3.05) is 34.2 Å². The average molecular weight is 520 g/mol. The van der Waals surface area contributed by atoms with Gasteiger partial charge in [-0.2, -0.15) is 5.10 Å². The summed E-state index contributed by atoms with van der Waals surface area (Å²) in [6.07, 6.45) is 0.877. The van der Waals surface area contributed by atoms with Crippen LogP contribution >= 0.6 is 24.0 Å². The third-order valence-electron chi connectivity index (χ3n) is 4.59. The van der Waals surface area contributed by atoms with E-state index in [0.717, 1.165) is 24.4 Å². The Labute approximate surface area is 188 Å². The Hall–Kier alpha value is -1.75. The van der Waals surface area contributed by atoms with Crippen LogP contribution in [0.3, 0.4) is 0 Å². The lowest BCUT2D eigenvalue weighted by molar-refractivity contribution is 0.282. The summed E-state index contributed by atoms with van der Waals surface area (Å²) in [5.74, 6) is -0.501. The molecule has 0 aliphatic rings. The first-order valence-corrected chi connectivity index (χ1v) is 9.39. The van der Waals surface area contributed by atoms with Crippen LogP contribution in [0.4, 0.5) is 8.78 Å². The van der Waals surface area contributed by atoms with E-state index in [2.05, 4.69) is 26.8 Å². The zero-order valence-electron chi connectivity index (χ0n) is 17.7. The molecule has 0 aliphatic carbocycles. The van der Waals surface area contributed by atoms with Gasteiger partial charge >= 0.3 is 0 Å². The van der Waals surface area contributed by atoms with E-state index in [1.165, 1.54) is 18.2 Å². The lowest BCUT2D eigenvalue weighted by Crippen LogP contribution is -2.42. The van der Waals surface area contributed by atoms with Crippen LogP contribution in [-0.4, -0.2) is 54.9 Å². The number of hydrogen-bond donors (Lipinski definition) is 2. The molecule has 0 fully saturated rings. The quantitative estimate of drug-likeness (QED) is 0.243. The van der Waals surface area contributed by atoms with Crippen molar-refractivity contribution >= 4 is 29.9 Å². The smallest absolute Gasteiger partial charge is 0.191 e. The number of rotatable bonds is 8. The number of likely N-dealkylation sites (N-methyl/N-ethyl adjacent to an activating group) is 1. The van der Waals surface area contributed by atoms with Crippen molar-refractivity contribution in [1.29, 1.82) is 0 Å². The Bertz CT molecular complexity index is 786. The summed E-state index contributed by atoms with van der Waals surface area (Å²) < 4.78 is 30.3. The third-order valence-corrected chi connectivity index (χ3v) is 4.59. The number of halogens is 3. The Morgan fingerprint density at radius 2 is 1.86 bits per heavy atom. The molecule has 162 valence electrons. The largest absolute Gasteiger partial charge is 0.356 e. The van der Waals surface area contributed by atoms with Gasteiger partial charge in [0.05, 0.1) is 11.7 Å². The number of hydrogen-bond acceptors (Lipinski definition) is 3. The first-order valence-electron chi connectivity index (χ1n) is 9.39. The molecule has 0 spiro atoms. The second-order valence-electron chi connectivity index (χ2n) is 7.00. The Balaban J connectivity index is 0.00000420. The fourth-order valence-corrected chi connectivity index (χ4v) is 3.12. The maximum atomic E-state index is 14.2. The normalized spacial score (nSPS) is 12.6. The van der Waals surface area contributed by atoms with E-state index < -0.39 is 17.7 Å². The number of aryl methyl sites for hydroxylation is 3. The van der Waals surface area contributed by atoms with E-state index in [1.54, 1.807) is 26.0 Å². The predicted octanol–water partition coefficient (Wildman–Crippen LogP) is 3.25. The molecule has 29 heavy (non-hydrogen) atoms. The van der Waals surface area contributed by atoms with Gasteiger partial charge in [0.1, 0.15) is 11.6 Å². The molecule has 1 atom stereocenters. The van der Waals surface area contributed by atoms with Gasteiger partial charge in [-0.1, -0.05) is 6.07 Å². The van der Waals surface area contributed by atoms with Crippen LogP contribution in [0.15, 0.2) is 29.3 Å². The molecule has 1 aromatic heterocycles. The molecule has 0 saturated heterocycles. The van der Waals surface area contributed by atoms with E-state index >= 15 is 0 Å². The minimum atomic E-state index is -0.548. The topological polar surface area (TPSA) is 57.5 Å². The highest BCUT2D eigenvalue weighted by atomic mass is 127. The second kappa shape index (κ2) is 12.1. The first-order chi connectivity index (χ1) is 13.3. The molecule has 9 heteroatoms. The van der Waals surface area contributed by atoms with Crippen LogP contribution in [0.2, 0.25) is 0 Å². The van der Waals surface area contributed by atoms with E-state index in [0.29, 0.717) is 19.0 Å². The molecule has 0 radical (unpaired) electrons. The van der Waals surface area contributed by atoms with Crippen molar-refractivity contribution in [3.05, 3.63) is 52.9 Å². The van der Waals surface area contributed by atoms with Gasteiger partial charge in [-0.3, -0.25) is 9.67 Å². The molecule has 1 heterocycles. The van der Waals surface area contributed by atoms with E-state index in [4.69, 9.17) is 0 Å². The monoisotopic (exact) mass is 520 g/mol. The summed E-state index contributed by atoms with van der Waals surface area (Å²) in [5, 5.41) is 10.8. The van der Waals surface area contributed by atoms with Crippen molar-refractivity contribution in [2.24, 2.45) is 4.99 Å². The average Bonchev–Trinajstić information content (AvgIpc) is 2.96. The maximum absolute atomic E-state index is 14.2. The zero-order chi connectivity index (χ0) is 20.7. The van der Waals surface area contributed by atoms with Gasteiger partial charge in [-0.15, -0.1) is 24.0 Å². The standard InChI is InChI=1S/C20H30F2N6.HI/c1-14-12-15(2)28(26-14)11-7-10-24-20(23-3)25-13-18(27(4)5)19-16(21)8-6-9-17(19)22;/h6,8-9,12,18H,7,10-11,13H2,1-5H3,(H2,23,24,25);1H. The molecular formula is C20H31F2IN6. The number of nitrogens with zero attached hydrogens (tertiary/aromatic N) is 4. The van der Waals surface area contributed by atoms with Crippen molar-refractivity contribution in [3.63, 3.8) is 0 Å². The zero-order valence-corrected chi connectivity index (χ0v) is 20.0. The fourth-order valence-electron chi connectivity index (χ4n) is 3.12. The Kier molecular flexibility index (Phi) is 10.5. The van der Waals surface area contributed by atoms with Gasteiger partial charge in [0.15, 0.2) is 5.96 Å². The highest BCUT2D eigenvalue weighted by Crippen LogP contribution is 2.23. The molecule has 0 amide bonds. The van der Waals surface area contributed by atoms with Crippen molar-refractivity contribution in [3.8, 4) is 0 Å². The Morgan fingerprint density at radius 3 is 2.38 bits per heavy atom. The van der Waals surface area contributed by atoms with Gasteiger partial charge in [-0.25, -0.2) is 8.78 Å². The molecular weight excluding hydrogens is 489 g/mol. The van der Waals surface area contributed by atoms with Crippen LogP contribution in [0.25, 0.3) is 0 Å². The summed E-state index contributed by atoms with van der Waals surface area (Å²) in [4.78, 5) is 5.97. The van der Waals surface area contributed by atoms with Crippen LogP contribution in [0.1, 0.15) is 29.4 Å². The minimum absolute atomic E-state index is 0. The predicted molar refractivity (Wildman–Crippen MR) is 124 cm³/mol.